The highest BCUT2D eigenvalue weighted by Gasteiger charge is 2.12. The van der Waals surface area contributed by atoms with Crippen LogP contribution in [0.2, 0.25) is 5.02 Å². The van der Waals surface area contributed by atoms with Crippen LogP contribution in [0.1, 0.15) is 31.4 Å². The Labute approximate surface area is 172 Å². The molecule has 5 nitrogen and oxygen atoms in total. The SMILES string of the molecule is CCCOc1c(Cl)cc(/C=N/NC(=O)Cc2ccc(Br)cc2)cc1OCC. The predicted molar refractivity (Wildman–Crippen MR) is 112 cm³/mol. The van der Waals surface area contributed by atoms with E-state index in [0.717, 1.165) is 16.5 Å². The zero-order chi connectivity index (χ0) is 19.6. The largest absolute Gasteiger partial charge is 0.490 e. The van der Waals surface area contributed by atoms with Crippen molar-refractivity contribution in [1.29, 1.82) is 0 Å². The van der Waals surface area contributed by atoms with Crippen LogP contribution in [0.15, 0.2) is 46.0 Å². The normalized spacial score (nSPS) is 10.8. The summed E-state index contributed by atoms with van der Waals surface area (Å²) < 4.78 is 12.2. The predicted octanol–water partition coefficient (Wildman–Crippen LogP) is 4.98. The van der Waals surface area contributed by atoms with Crippen molar-refractivity contribution in [1.82, 2.24) is 5.43 Å². The van der Waals surface area contributed by atoms with E-state index in [0.29, 0.717) is 35.3 Å². The number of nitrogens with one attached hydrogen (secondary N) is 1. The lowest BCUT2D eigenvalue weighted by Crippen LogP contribution is -2.19. The van der Waals surface area contributed by atoms with Crippen LogP contribution in [0.4, 0.5) is 0 Å². The molecule has 0 saturated heterocycles. The molecular weight excluding hydrogens is 432 g/mol. The number of hydrogen-bond donors (Lipinski definition) is 1. The average Bonchev–Trinajstić information content (AvgIpc) is 2.63. The van der Waals surface area contributed by atoms with Crippen molar-refractivity contribution in [2.45, 2.75) is 26.7 Å². The fraction of sp³-hybridized carbons (Fsp3) is 0.300. The van der Waals surface area contributed by atoms with Crippen molar-refractivity contribution in [2.24, 2.45) is 5.10 Å². The van der Waals surface area contributed by atoms with Gasteiger partial charge in [0, 0.05) is 4.47 Å². The smallest absolute Gasteiger partial charge is 0.244 e. The van der Waals surface area contributed by atoms with Gasteiger partial charge in [-0.3, -0.25) is 4.79 Å². The summed E-state index contributed by atoms with van der Waals surface area (Å²) in [5.41, 5.74) is 4.13. The fourth-order valence-electron chi connectivity index (χ4n) is 2.28. The highest BCUT2D eigenvalue weighted by Crippen LogP contribution is 2.36. The molecule has 0 aromatic heterocycles. The van der Waals surface area contributed by atoms with E-state index in [4.69, 9.17) is 21.1 Å². The summed E-state index contributed by atoms with van der Waals surface area (Å²) in [5.74, 6) is 0.880. The van der Waals surface area contributed by atoms with E-state index < -0.39 is 0 Å². The minimum atomic E-state index is -0.201. The molecule has 0 radical (unpaired) electrons. The van der Waals surface area contributed by atoms with E-state index in [-0.39, 0.29) is 12.3 Å². The van der Waals surface area contributed by atoms with Gasteiger partial charge >= 0.3 is 0 Å². The molecule has 1 N–H and O–H groups in total. The van der Waals surface area contributed by atoms with Gasteiger partial charge in [0.1, 0.15) is 0 Å². The van der Waals surface area contributed by atoms with E-state index in [1.165, 1.54) is 6.21 Å². The van der Waals surface area contributed by atoms with Gasteiger partial charge in [0.05, 0.1) is 30.9 Å². The van der Waals surface area contributed by atoms with Crippen LogP contribution in [0.25, 0.3) is 0 Å². The molecule has 27 heavy (non-hydrogen) atoms. The molecule has 2 aromatic rings. The van der Waals surface area contributed by atoms with Gasteiger partial charge in [-0.15, -0.1) is 0 Å². The van der Waals surface area contributed by atoms with Crippen LogP contribution < -0.4 is 14.9 Å². The average molecular weight is 454 g/mol. The fourth-order valence-corrected chi connectivity index (χ4v) is 2.81. The number of benzene rings is 2. The number of halogens is 2. The highest BCUT2D eigenvalue weighted by molar-refractivity contribution is 9.10. The molecule has 0 unspecified atom stereocenters. The number of hydrogen-bond acceptors (Lipinski definition) is 4. The first-order chi connectivity index (χ1) is 13.0. The van der Waals surface area contributed by atoms with Crippen LogP contribution in [-0.4, -0.2) is 25.3 Å². The summed E-state index contributed by atoms with van der Waals surface area (Å²) >= 11 is 9.68. The van der Waals surface area contributed by atoms with E-state index >= 15 is 0 Å². The standard InChI is InChI=1S/C20H22BrClN2O3/c1-3-9-27-20-17(22)10-15(11-18(20)26-4-2)13-23-24-19(25)12-14-5-7-16(21)8-6-14/h5-8,10-11,13H,3-4,9,12H2,1-2H3,(H,24,25)/b23-13+. The lowest BCUT2D eigenvalue weighted by atomic mass is 10.1. The molecule has 0 bridgehead atoms. The van der Waals surface area contributed by atoms with Gasteiger partial charge in [-0.25, -0.2) is 5.43 Å². The first-order valence-corrected chi connectivity index (χ1v) is 9.86. The minimum Gasteiger partial charge on any atom is -0.490 e. The van der Waals surface area contributed by atoms with Crippen molar-refractivity contribution in [3.05, 3.63) is 57.0 Å². The van der Waals surface area contributed by atoms with Gasteiger partial charge in [-0.05, 0) is 48.7 Å². The first kappa shape index (κ1) is 21.3. The molecule has 1 amide bonds. The minimum absolute atomic E-state index is 0.201. The Morgan fingerprint density at radius 2 is 1.96 bits per heavy atom. The summed E-state index contributed by atoms with van der Waals surface area (Å²) in [6, 6.07) is 11.1. The Balaban J connectivity index is 2.02. The lowest BCUT2D eigenvalue weighted by molar-refractivity contribution is -0.120. The van der Waals surface area contributed by atoms with Crippen molar-refractivity contribution in [3.63, 3.8) is 0 Å². The summed E-state index contributed by atoms with van der Waals surface area (Å²) in [7, 11) is 0. The highest BCUT2D eigenvalue weighted by atomic mass is 79.9. The Morgan fingerprint density at radius 3 is 2.63 bits per heavy atom. The molecule has 7 heteroatoms. The van der Waals surface area contributed by atoms with Gasteiger partial charge < -0.3 is 9.47 Å². The van der Waals surface area contributed by atoms with Crippen LogP contribution in [-0.2, 0) is 11.2 Å². The molecule has 0 aliphatic carbocycles. The van der Waals surface area contributed by atoms with Gasteiger partial charge in [0.25, 0.3) is 0 Å². The third kappa shape index (κ3) is 6.88. The van der Waals surface area contributed by atoms with Crippen LogP contribution >= 0.6 is 27.5 Å². The second-order valence-electron chi connectivity index (χ2n) is 5.71. The zero-order valence-corrected chi connectivity index (χ0v) is 17.6. The van der Waals surface area contributed by atoms with Crippen LogP contribution in [0.5, 0.6) is 11.5 Å². The number of carbonyl (C=O) groups excluding carboxylic acids is 1. The molecule has 0 heterocycles. The Hall–Kier alpha value is -2.05. The zero-order valence-electron chi connectivity index (χ0n) is 15.3. The molecule has 2 aromatic carbocycles. The van der Waals surface area contributed by atoms with Crippen molar-refractivity contribution >= 4 is 39.7 Å². The van der Waals surface area contributed by atoms with E-state index in [1.807, 2.05) is 38.1 Å². The van der Waals surface area contributed by atoms with E-state index in [9.17, 15) is 4.79 Å². The summed E-state index contributed by atoms with van der Waals surface area (Å²) in [4.78, 5) is 12.0. The van der Waals surface area contributed by atoms with Crippen LogP contribution in [0, 0.1) is 0 Å². The third-order valence-electron chi connectivity index (χ3n) is 3.46. The van der Waals surface area contributed by atoms with Crippen molar-refractivity contribution in [3.8, 4) is 11.5 Å². The lowest BCUT2D eigenvalue weighted by Gasteiger charge is -2.13. The molecule has 0 spiro atoms. The number of hydrazone groups is 1. The summed E-state index contributed by atoms with van der Waals surface area (Å²) in [6.45, 7) is 4.95. The molecule has 2 rings (SSSR count). The molecular formula is C20H22BrClN2O3. The maximum Gasteiger partial charge on any atom is 0.244 e. The Morgan fingerprint density at radius 1 is 1.22 bits per heavy atom. The molecule has 0 fully saturated rings. The number of ether oxygens (including phenoxy) is 2. The number of amides is 1. The summed E-state index contributed by atoms with van der Waals surface area (Å²) in [5, 5.41) is 4.44. The van der Waals surface area contributed by atoms with E-state index in [1.54, 1.807) is 12.1 Å². The number of carbonyl (C=O) groups is 1. The maximum absolute atomic E-state index is 12.0. The van der Waals surface area contributed by atoms with E-state index in [2.05, 4.69) is 26.5 Å². The second kappa shape index (κ2) is 10.9. The number of nitrogens with zero attached hydrogens (tertiary/aromatic N) is 1. The molecule has 0 aliphatic rings. The van der Waals surface area contributed by atoms with Gasteiger partial charge in [0.15, 0.2) is 11.5 Å². The topological polar surface area (TPSA) is 59.9 Å². The monoisotopic (exact) mass is 452 g/mol. The molecule has 0 aliphatic heterocycles. The van der Waals surface area contributed by atoms with Gasteiger partial charge in [-0.2, -0.15) is 5.10 Å². The van der Waals surface area contributed by atoms with Crippen molar-refractivity contribution in [2.75, 3.05) is 13.2 Å². The van der Waals surface area contributed by atoms with Crippen molar-refractivity contribution < 1.29 is 14.3 Å². The quantitative estimate of drug-likeness (QED) is 0.430. The number of rotatable bonds is 9. The maximum atomic E-state index is 12.0. The Kier molecular flexibility index (Phi) is 8.61. The second-order valence-corrected chi connectivity index (χ2v) is 7.03. The Bertz CT molecular complexity index is 795. The molecule has 0 saturated carbocycles. The first-order valence-electron chi connectivity index (χ1n) is 8.69. The van der Waals surface area contributed by atoms with Gasteiger partial charge in [-0.1, -0.05) is 46.6 Å². The molecule has 144 valence electrons. The van der Waals surface area contributed by atoms with Crippen LogP contribution in [0.3, 0.4) is 0 Å². The third-order valence-corrected chi connectivity index (χ3v) is 4.27. The van der Waals surface area contributed by atoms with Gasteiger partial charge in [0.2, 0.25) is 5.91 Å². The summed E-state index contributed by atoms with van der Waals surface area (Å²) in [6.07, 6.45) is 2.65. The molecule has 0 atom stereocenters.